The molecule has 4 nitrogen and oxygen atoms in total. The Hall–Kier alpha value is -1.42. The van der Waals surface area contributed by atoms with Crippen LogP contribution in [0.4, 0.5) is 11.4 Å². The Bertz CT molecular complexity index is 403. The molecule has 1 fully saturated rings. The van der Waals surface area contributed by atoms with Crippen molar-refractivity contribution in [2.75, 3.05) is 37.5 Å². The van der Waals surface area contributed by atoms with Gasteiger partial charge in [0.15, 0.2) is 0 Å². The molecule has 0 aromatic heterocycles. The third kappa shape index (κ3) is 3.53. The first-order valence-corrected chi connectivity index (χ1v) is 7.05. The summed E-state index contributed by atoms with van der Waals surface area (Å²) in [7, 11) is 2.13. The normalized spacial score (nSPS) is 16.3. The van der Waals surface area contributed by atoms with Gasteiger partial charge in [0, 0.05) is 38.1 Å². The summed E-state index contributed by atoms with van der Waals surface area (Å²) in [4.78, 5) is 2.31. The predicted molar refractivity (Wildman–Crippen MR) is 78.9 cm³/mol. The largest absolute Gasteiger partial charge is 0.491 e. The van der Waals surface area contributed by atoms with Crippen LogP contribution >= 0.6 is 0 Å². The molecule has 0 radical (unpaired) electrons. The van der Waals surface area contributed by atoms with Crippen molar-refractivity contribution < 1.29 is 9.47 Å². The molecule has 0 atom stereocenters. The van der Waals surface area contributed by atoms with Gasteiger partial charge in [-0.15, -0.1) is 0 Å². The lowest BCUT2D eigenvalue weighted by Gasteiger charge is -2.33. The molecule has 106 valence electrons. The smallest absolute Gasteiger partial charge is 0.144 e. The average molecular weight is 264 g/mol. The lowest BCUT2D eigenvalue weighted by Crippen LogP contribution is -2.36. The minimum absolute atomic E-state index is 0.538. The number of hydrogen-bond acceptors (Lipinski definition) is 4. The molecule has 1 aliphatic heterocycles. The fourth-order valence-corrected chi connectivity index (χ4v) is 2.36. The van der Waals surface area contributed by atoms with E-state index in [-0.39, 0.29) is 0 Å². The highest BCUT2D eigenvalue weighted by molar-refractivity contribution is 5.62. The summed E-state index contributed by atoms with van der Waals surface area (Å²) in [6.45, 7) is 4.50. The topological polar surface area (TPSA) is 47.7 Å². The summed E-state index contributed by atoms with van der Waals surface area (Å²) in [6, 6.07) is 6.57. The zero-order valence-electron chi connectivity index (χ0n) is 11.9. The number of anilines is 2. The highest BCUT2D eigenvalue weighted by Gasteiger charge is 2.19. The summed E-state index contributed by atoms with van der Waals surface area (Å²) in [5, 5.41) is 0. The fraction of sp³-hybridized carbons (Fsp3) is 0.600. The average Bonchev–Trinajstić information content (AvgIpc) is 2.46. The number of ether oxygens (including phenoxy) is 2. The van der Waals surface area contributed by atoms with Crippen LogP contribution in [0.1, 0.15) is 26.2 Å². The van der Waals surface area contributed by atoms with Gasteiger partial charge in [-0.2, -0.15) is 0 Å². The van der Waals surface area contributed by atoms with Crippen molar-refractivity contribution in [1.29, 1.82) is 0 Å². The van der Waals surface area contributed by atoms with Gasteiger partial charge >= 0.3 is 0 Å². The number of hydrogen-bond donors (Lipinski definition) is 1. The molecule has 19 heavy (non-hydrogen) atoms. The molecule has 1 saturated heterocycles. The Morgan fingerprint density at radius 2 is 2.11 bits per heavy atom. The second-order valence-electron chi connectivity index (χ2n) is 5.03. The first kappa shape index (κ1) is 14.0. The lowest BCUT2D eigenvalue weighted by atomic mass is 10.1. The molecule has 0 bridgehead atoms. The summed E-state index contributed by atoms with van der Waals surface area (Å²) >= 11 is 0. The molecule has 1 aromatic rings. The van der Waals surface area contributed by atoms with Crippen molar-refractivity contribution in [3.63, 3.8) is 0 Å². The molecule has 0 unspecified atom stereocenters. The van der Waals surface area contributed by atoms with Crippen molar-refractivity contribution in [2.24, 2.45) is 0 Å². The van der Waals surface area contributed by atoms with Crippen LogP contribution in [0.5, 0.6) is 5.75 Å². The third-order valence-corrected chi connectivity index (χ3v) is 3.60. The van der Waals surface area contributed by atoms with Gasteiger partial charge < -0.3 is 20.1 Å². The Labute approximate surface area is 115 Å². The van der Waals surface area contributed by atoms with Gasteiger partial charge in [0.1, 0.15) is 5.75 Å². The maximum absolute atomic E-state index is 5.95. The second-order valence-corrected chi connectivity index (χ2v) is 5.03. The van der Waals surface area contributed by atoms with E-state index in [2.05, 4.69) is 24.9 Å². The highest BCUT2D eigenvalue weighted by atomic mass is 16.5. The van der Waals surface area contributed by atoms with E-state index in [1.807, 2.05) is 12.1 Å². The summed E-state index contributed by atoms with van der Waals surface area (Å²) in [5.41, 5.74) is 7.81. The van der Waals surface area contributed by atoms with E-state index in [0.717, 1.165) is 43.9 Å². The highest BCUT2D eigenvalue weighted by Crippen LogP contribution is 2.29. The quantitative estimate of drug-likeness (QED) is 0.831. The number of benzene rings is 1. The van der Waals surface area contributed by atoms with Crippen molar-refractivity contribution in [2.45, 2.75) is 32.2 Å². The third-order valence-electron chi connectivity index (χ3n) is 3.60. The van der Waals surface area contributed by atoms with Gasteiger partial charge in [-0.25, -0.2) is 0 Å². The van der Waals surface area contributed by atoms with Crippen LogP contribution < -0.4 is 15.4 Å². The van der Waals surface area contributed by atoms with Gasteiger partial charge in [0.2, 0.25) is 0 Å². The van der Waals surface area contributed by atoms with E-state index >= 15 is 0 Å². The molecule has 1 aliphatic rings. The predicted octanol–water partition coefficient (Wildman–Crippen LogP) is 2.67. The first-order valence-electron chi connectivity index (χ1n) is 7.05. The van der Waals surface area contributed by atoms with Crippen LogP contribution in [0.3, 0.4) is 0 Å². The molecule has 0 amide bonds. The summed E-state index contributed by atoms with van der Waals surface area (Å²) < 4.78 is 11.1. The molecule has 0 aliphatic carbocycles. The van der Waals surface area contributed by atoms with E-state index in [1.54, 1.807) is 0 Å². The number of rotatable bonds is 5. The van der Waals surface area contributed by atoms with E-state index < -0.39 is 0 Å². The van der Waals surface area contributed by atoms with Crippen LogP contribution in [-0.4, -0.2) is 32.9 Å². The van der Waals surface area contributed by atoms with Crippen molar-refractivity contribution >= 4 is 11.4 Å². The van der Waals surface area contributed by atoms with Crippen LogP contribution in [0.2, 0.25) is 0 Å². The van der Waals surface area contributed by atoms with E-state index in [9.17, 15) is 0 Å². The SMILES string of the molecule is CCCOc1cc(N(C)C2CCOCC2)ccc1N. The van der Waals surface area contributed by atoms with Crippen LogP contribution in [0.15, 0.2) is 18.2 Å². The zero-order chi connectivity index (χ0) is 13.7. The Balaban J connectivity index is 2.10. The maximum atomic E-state index is 5.95. The van der Waals surface area contributed by atoms with Crippen LogP contribution in [0, 0.1) is 0 Å². The summed E-state index contributed by atoms with van der Waals surface area (Å²) in [6.07, 6.45) is 3.14. The molecule has 0 saturated carbocycles. The number of nitrogen functional groups attached to an aromatic ring is 1. The van der Waals surface area contributed by atoms with Crippen molar-refractivity contribution in [1.82, 2.24) is 0 Å². The monoisotopic (exact) mass is 264 g/mol. The maximum Gasteiger partial charge on any atom is 0.144 e. The van der Waals surface area contributed by atoms with E-state index in [1.165, 1.54) is 0 Å². The minimum atomic E-state index is 0.538. The molecular weight excluding hydrogens is 240 g/mol. The van der Waals surface area contributed by atoms with Gasteiger partial charge in [0.25, 0.3) is 0 Å². The van der Waals surface area contributed by atoms with Crippen molar-refractivity contribution in [3.8, 4) is 5.75 Å². The first-order chi connectivity index (χ1) is 9.22. The Morgan fingerprint density at radius 1 is 1.37 bits per heavy atom. The summed E-state index contributed by atoms with van der Waals surface area (Å²) in [5.74, 6) is 0.790. The number of nitrogens with two attached hydrogens (primary N) is 1. The van der Waals surface area contributed by atoms with E-state index in [0.29, 0.717) is 18.3 Å². The molecular formula is C15H24N2O2. The van der Waals surface area contributed by atoms with Crippen LogP contribution in [-0.2, 0) is 4.74 Å². The molecule has 1 aromatic carbocycles. The van der Waals surface area contributed by atoms with Gasteiger partial charge in [-0.3, -0.25) is 0 Å². The Morgan fingerprint density at radius 3 is 2.79 bits per heavy atom. The Kier molecular flexibility index (Phi) is 4.91. The second kappa shape index (κ2) is 6.66. The van der Waals surface area contributed by atoms with Crippen LogP contribution in [0.25, 0.3) is 0 Å². The molecule has 0 spiro atoms. The zero-order valence-corrected chi connectivity index (χ0v) is 11.9. The van der Waals surface area contributed by atoms with E-state index in [4.69, 9.17) is 15.2 Å². The van der Waals surface area contributed by atoms with Gasteiger partial charge in [0.05, 0.1) is 12.3 Å². The molecule has 1 heterocycles. The minimum Gasteiger partial charge on any atom is -0.491 e. The fourth-order valence-electron chi connectivity index (χ4n) is 2.36. The molecule has 4 heteroatoms. The van der Waals surface area contributed by atoms with Gasteiger partial charge in [-0.05, 0) is 31.4 Å². The lowest BCUT2D eigenvalue weighted by molar-refractivity contribution is 0.0855. The molecule has 2 N–H and O–H groups in total. The molecule has 2 rings (SSSR count). The van der Waals surface area contributed by atoms with Crippen molar-refractivity contribution in [3.05, 3.63) is 18.2 Å². The number of nitrogens with zero attached hydrogens (tertiary/aromatic N) is 1. The standard InChI is InChI=1S/C15H24N2O2/c1-3-8-19-15-11-13(4-5-14(15)16)17(2)12-6-9-18-10-7-12/h4-5,11-12H,3,6-10,16H2,1-2H3. The van der Waals surface area contributed by atoms with Gasteiger partial charge in [-0.1, -0.05) is 6.92 Å².